The normalized spacial score (nSPS) is 23.8. The van der Waals surface area contributed by atoms with Crippen LogP contribution in [0.1, 0.15) is 20.8 Å². The highest BCUT2D eigenvalue weighted by atomic mass is 31.1. The molecular formula is C9H19N2O2P. The van der Waals surface area contributed by atoms with Crippen molar-refractivity contribution in [1.82, 2.24) is 10.4 Å². The van der Waals surface area contributed by atoms with Crippen molar-refractivity contribution < 1.29 is 9.53 Å². The average Bonchev–Trinajstić information content (AvgIpc) is 2.49. The van der Waals surface area contributed by atoms with E-state index in [4.69, 9.17) is 4.74 Å². The molecular weight excluding hydrogens is 199 g/mol. The van der Waals surface area contributed by atoms with E-state index in [1.54, 1.807) is 0 Å². The third-order valence-electron chi connectivity index (χ3n) is 1.84. The number of rotatable bonds is 2. The summed E-state index contributed by atoms with van der Waals surface area (Å²) in [4.78, 5) is 11.3. The zero-order chi connectivity index (χ0) is 10.6. The van der Waals surface area contributed by atoms with E-state index in [9.17, 15) is 4.79 Å². The van der Waals surface area contributed by atoms with Crippen LogP contribution < -0.4 is 10.4 Å². The third-order valence-corrected chi connectivity index (χ3v) is 3.08. The Morgan fingerprint density at radius 2 is 2.36 bits per heavy atom. The molecule has 1 amide bonds. The van der Waals surface area contributed by atoms with E-state index in [1.165, 1.54) is 0 Å². The molecule has 14 heavy (non-hydrogen) atoms. The standard InChI is InChI=1S/C9H19N2O2P/c1-9(2,3)13-8(12)10-4-7-5-11-14-6-7/h7,11,14H,4-6H2,1-3H3,(H,10,12). The number of hydrogen-bond donors (Lipinski definition) is 2. The predicted octanol–water partition coefficient (Wildman–Crippen LogP) is 1.32. The Labute approximate surface area is 87.0 Å². The zero-order valence-electron chi connectivity index (χ0n) is 9.02. The summed E-state index contributed by atoms with van der Waals surface area (Å²) in [6, 6.07) is 0. The molecule has 2 N–H and O–H groups in total. The Balaban J connectivity index is 2.14. The summed E-state index contributed by atoms with van der Waals surface area (Å²) >= 11 is 0. The fourth-order valence-corrected chi connectivity index (χ4v) is 2.35. The molecule has 0 spiro atoms. The smallest absolute Gasteiger partial charge is 0.407 e. The predicted molar refractivity (Wildman–Crippen MR) is 58.9 cm³/mol. The van der Waals surface area contributed by atoms with Gasteiger partial charge in [-0.3, -0.25) is 5.09 Å². The van der Waals surface area contributed by atoms with Gasteiger partial charge in [0.1, 0.15) is 5.60 Å². The van der Waals surface area contributed by atoms with Crippen LogP contribution in [0.4, 0.5) is 4.79 Å². The van der Waals surface area contributed by atoms with E-state index < -0.39 is 5.60 Å². The molecule has 1 fully saturated rings. The van der Waals surface area contributed by atoms with Gasteiger partial charge in [0.05, 0.1) is 0 Å². The fraction of sp³-hybridized carbons (Fsp3) is 0.889. The quantitative estimate of drug-likeness (QED) is 0.687. The number of amides is 1. The molecule has 2 atom stereocenters. The van der Waals surface area contributed by atoms with E-state index in [-0.39, 0.29) is 6.09 Å². The Morgan fingerprint density at radius 1 is 1.64 bits per heavy atom. The van der Waals surface area contributed by atoms with Gasteiger partial charge in [-0.05, 0) is 32.9 Å². The van der Waals surface area contributed by atoms with Crippen LogP contribution in [0.25, 0.3) is 0 Å². The lowest BCUT2D eigenvalue weighted by molar-refractivity contribution is 0.0521. The second-order valence-electron chi connectivity index (χ2n) is 4.51. The number of alkyl carbamates (subject to hydrolysis) is 1. The molecule has 0 aromatic heterocycles. The maximum absolute atomic E-state index is 11.3. The van der Waals surface area contributed by atoms with Crippen LogP contribution in [-0.4, -0.2) is 30.9 Å². The number of ether oxygens (including phenoxy) is 1. The molecule has 0 aromatic rings. The summed E-state index contributed by atoms with van der Waals surface area (Å²) in [6.45, 7) is 7.32. The SMILES string of the molecule is CC(C)(C)OC(=O)NCC1CNPC1. The van der Waals surface area contributed by atoms with E-state index >= 15 is 0 Å². The molecule has 0 aromatic carbocycles. The van der Waals surface area contributed by atoms with Crippen LogP contribution in [0.5, 0.6) is 0 Å². The first-order valence-electron chi connectivity index (χ1n) is 4.90. The summed E-state index contributed by atoms with van der Waals surface area (Å²) in [7, 11) is 0.840. The number of hydrogen-bond acceptors (Lipinski definition) is 3. The van der Waals surface area contributed by atoms with Crippen LogP contribution in [0.15, 0.2) is 0 Å². The highest BCUT2D eigenvalue weighted by Crippen LogP contribution is 2.18. The molecule has 4 nitrogen and oxygen atoms in total. The molecule has 1 heterocycles. The van der Waals surface area contributed by atoms with Crippen LogP contribution in [0, 0.1) is 5.92 Å². The van der Waals surface area contributed by atoms with Gasteiger partial charge in [0.2, 0.25) is 0 Å². The maximum Gasteiger partial charge on any atom is 0.407 e. The molecule has 82 valence electrons. The second-order valence-corrected chi connectivity index (χ2v) is 5.63. The fourth-order valence-electron chi connectivity index (χ4n) is 1.19. The van der Waals surface area contributed by atoms with Crippen LogP contribution in [-0.2, 0) is 4.74 Å². The highest BCUT2D eigenvalue weighted by molar-refractivity contribution is 7.36. The lowest BCUT2D eigenvalue weighted by atomic mass is 10.2. The minimum Gasteiger partial charge on any atom is -0.444 e. The number of carbonyl (C=O) groups is 1. The minimum atomic E-state index is -0.403. The Bertz CT molecular complexity index is 197. The lowest BCUT2D eigenvalue weighted by Gasteiger charge is -2.20. The third kappa shape index (κ3) is 4.77. The monoisotopic (exact) mass is 218 g/mol. The van der Waals surface area contributed by atoms with E-state index in [0.717, 1.165) is 28.0 Å². The first-order valence-corrected chi connectivity index (χ1v) is 6.10. The molecule has 5 heteroatoms. The lowest BCUT2D eigenvalue weighted by Crippen LogP contribution is -2.36. The van der Waals surface area contributed by atoms with Crippen molar-refractivity contribution in [3.63, 3.8) is 0 Å². The zero-order valence-corrected chi connectivity index (χ0v) is 10.0. The van der Waals surface area contributed by atoms with Crippen LogP contribution in [0.3, 0.4) is 0 Å². The molecule has 1 saturated heterocycles. The van der Waals surface area contributed by atoms with Gasteiger partial charge in [0, 0.05) is 13.1 Å². The van der Waals surface area contributed by atoms with Crippen molar-refractivity contribution in [2.45, 2.75) is 26.4 Å². The van der Waals surface area contributed by atoms with Crippen molar-refractivity contribution in [3.05, 3.63) is 0 Å². The summed E-state index contributed by atoms with van der Waals surface area (Å²) in [6.07, 6.45) is 0.850. The van der Waals surface area contributed by atoms with Gasteiger partial charge in [-0.15, -0.1) is 0 Å². The Kier molecular flexibility index (Phi) is 4.14. The topological polar surface area (TPSA) is 50.4 Å². The van der Waals surface area contributed by atoms with Gasteiger partial charge in [-0.25, -0.2) is 4.79 Å². The number of nitrogens with one attached hydrogen (secondary N) is 2. The van der Waals surface area contributed by atoms with Gasteiger partial charge in [-0.2, -0.15) is 0 Å². The summed E-state index contributed by atoms with van der Waals surface area (Å²) in [5.41, 5.74) is -0.403. The average molecular weight is 218 g/mol. The van der Waals surface area contributed by atoms with Crippen molar-refractivity contribution in [3.8, 4) is 0 Å². The molecule has 0 bridgehead atoms. The van der Waals surface area contributed by atoms with Gasteiger partial charge >= 0.3 is 6.09 Å². The van der Waals surface area contributed by atoms with E-state index in [0.29, 0.717) is 5.92 Å². The highest BCUT2D eigenvalue weighted by Gasteiger charge is 2.18. The van der Waals surface area contributed by atoms with Gasteiger partial charge < -0.3 is 10.1 Å². The second kappa shape index (κ2) is 4.94. The van der Waals surface area contributed by atoms with Crippen LogP contribution in [0.2, 0.25) is 0 Å². The molecule has 0 aliphatic carbocycles. The van der Waals surface area contributed by atoms with Crippen molar-refractivity contribution >= 4 is 14.8 Å². The summed E-state index contributed by atoms with van der Waals surface area (Å²) < 4.78 is 5.13. The largest absolute Gasteiger partial charge is 0.444 e. The van der Waals surface area contributed by atoms with Crippen molar-refractivity contribution in [1.29, 1.82) is 0 Å². The molecule has 1 rings (SSSR count). The Morgan fingerprint density at radius 3 is 2.86 bits per heavy atom. The summed E-state index contributed by atoms with van der Waals surface area (Å²) in [5, 5.41) is 6.06. The van der Waals surface area contributed by atoms with Crippen molar-refractivity contribution in [2.75, 3.05) is 19.3 Å². The maximum atomic E-state index is 11.3. The number of carbonyl (C=O) groups excluding carboxylic acids is 1. The van der Waals surface area contributed by atoms with Crippen molar-refractivity contribution in [2.24, 2.45) is 5.92 Å². The minimum absolute atomic E-state index is 0.312. The molecule has 0 radical (unpaired) electrons. The Hall–Kier alpha value is -0.340. The first kappa shape index (κ1) is 11.7. The van der Waals surface area contributed by atoms with Gasteiger partial charge in [-0.1, -0.05) is 8.73 Å². The first-order chi connectivity index (χ1) is 6.47. The van der Waals surface area contributed by atoms with Gasteiger partial charge in [0.15, 0.2) is 0 Å². The van der Waals surface area contributed by atoms with Gasteiger partial charge in [0.25, 0.3) is 0 Å². The molecule has 1 aliphatic rings. The molecule has 2 unspecified atom stereocenters. The molecule has 1 aliphatic heterocycles. The van der Waals surface area contributed by atoms with E-state index in [1.807, 2.05) is 20.8 Å². The summed E-state index contributed by atoms with van der Waals surface area (Å²) in [5.74, 6) is 0.570. The van der Waals surface area contributed by atoms with Crippen LogP contribution >= 0.6 is 8.73 Å². The van der Waals surface area contributed by atoms with E-state index in [2.05, 4.69) is 10.4 Å². The molecule has 0 saturated carbocycles.